The number of amides is 1. The molecule has 4 rings (SSSR count). The summed E-state index contributed by atoms with van der Waals surface area (Å²) in [6.45, 7) is 15.4. The largest absolute Gasteiger partial charge is 0.497 e. The molecule has 3 heterocycles. The summed E-state index contributed by atoms with van der Waals surface area (Å²) in [6, 6.07) is 11.8. The fourth-order valence-corrected chi connectivity index (χ4v) is 13.3. The molecule has 1 unspecified atom stereocenters. The number of methoxy groups -OCH3 is 1. The summed E-state index contributed by atoms with van der Waals surface area (Å²) in [4.78, 5) is 21.9. The zero-order chi connectivity index (χ0) is 30.9. The van der Waals surface area contributed by atoms with E-state index in [1.54, 1.807) is 31.4 Å². The maximum Gasteiger partial charge on any atom is 0.413 e. The fraction of sp³-hybridized carbons (Fsp3) is 0.406. The Balaban J connectivity index is 1.78. The van der Waals surface area contributed by atoms with Crippen molar-refractivity contribution in [2.75, 3.05) is 12.0 Å². The number of nitrogens with zero attached hydrogens (tertiary/aromatic N) is 4. The highest BCUT2D eigenvalue weighted by Crippen LogP contribution is 2.45. The van der Waals surface area contributed by atoms with Gasteiger partial charge in [0.25, 0.3) is 0 Å². The van der Waals surface area contributed by atoms with Crippen LogP contribution in [-0.4, -0.2) is 45.9 Å². The highest BCUT2D eigenvalue weighted by Gasteiger charge is 2.46. The van der Waals surface area contributed by atoms with E-state index in [1.165, 1.54) is 12.1 Å². The van der Waals surface area contributed by atoms with Crippen LogP contribution in [0.1, 0.15) is 69.9 Å². The van der Waals surface area contributed by atoms with Crippen LogP contribution in [0.3, 0.4) is 0 Å². The van der Waals surface area contributed by atoms with Crippen molar-refractivity contribution < 1.29 is 24.1 Å². The Morgan fingerprint density at radius 2 is 1.64 bits per heavy atom. The second-order valence-electron chi connectivity index (χ2n) is 11.9. The number of hydrogen-bond acceptors (Lipinski definition) is 5. The molecule has 0 bridgehead atoms. The number of rotatable bonds is 10. The number of aliphatic hydroxyl groups is 1. The lowest BCUT2D eigenvalue weighted by molar-refractivity contribution is 0.201. The SMILES string of the molecule is COc1ccc(CN(C(=O)O)c2ccc(C(O)c3cn([Si](C(C)C)(C(C)C)C(C)C)c4ncc(C)cc34)c(F)n2)cc1. The zero-order valence-electron chi connectivity index (χ0n) is 25.6. The molecule has 0 saturated carbocycles. The number of ether oxygens (including phenoxy) is 1. The number of carboxylic acid groups (broad SMARTS) is 1. The van der Waals surface area contributed by atoms with Crippen molar-refractivity contribution in [2.24, 2.45) is 0 Å². The monoisotopic (exact) mass is 592 g/mol. The van der Waals surface area contributed by atoms with Crippen molar-refractivity contribution in [1.82, 2.24) is 14.2 Å². The van der Waals surface area contributed by atoms with E-state index in [9.17, 15) is 15.0 Å². The predicted octanol–water partition coefficient (Wildman–Crippen LogP) is 7.68. The topological polar surface area (TPSA) is 101 Å². The van der Waals surface area contributed by atoms with Crippen LogP contribution in [0.25, 0.3) is 11.0 Å². The minimum atomic E-state index is -2.25. The molecule has 1 amide bonds. The van der Waals surface area contributed by atoms with Crippen molar-refractivity contribution >= 4 is 31.2 Å². The molecule has 3 aromatic heterocycles. The van der Waals surface area contributed by atoms with Crippen LogP contribution in [0.2, 0.25) is 16.6 Å². The van der Waals surface area contributed by atoms with Gasteiger partial charge < -0.3 is 19.2 Å². The lowest BCUT2D eigenvalue weighted by atomic mass is 10.0. The van der Waals surface area contributed by atoms with Gasteiger partial charge in [0.05, 0.1) is 13.7 Å². The molecule has 2 N–H and O–H groups in total. The number of aromatic nitrogens is 3. The summed E-state index contributed by atoms with van der Waals surface area (Å²) in [7, 11) is -0.701. The third-order valence-electron chi connectivity index (χ3n) is 8.46. The number of pyridine rings is 2. The molecule has 0 aliphatic carbocycles. The number of carbonyl (C=O) groups is 1. The third-order valence-corrected chi connectivity index (χ3v) is 15.2. The van der Waals surface area contributed by atoms with Gasteiger partial charge in [-0.3, -0.25) is 4.90 Å². The number of hydrogen-bond donors (Lipinski definition) is 2. The summed E-state index contributed by atoms with van der Waals surface area (Å²) in [6.07, 6.45) is 1.20. The summed E-state index contributed by atoms with van der Waals surface area (Å²) in [5.74, 6) is -0.356. The van der Waals surface area contributed by atoms with Gasteiger partial charge in [0.15, 0.2) is 8.24 Å². The minimum absolute atomic E-state index is 0.0278. The Morgan fingerprint density at radius 3 is 2.17 bits per heavy atom. The molecule has 1 atom stereocenters. The number of benzene rings is 1. The van der Waals surface area contributed by atoms with Crippen LogP contribution in [0, 0.1) is 12.9 Å². The molecule has 0 spiro atoms. The molecule has 0 aliphatic rings. The van der Waals surface area contributed by atoms with Gasteiger partial charge in [-0.15, -0.1) is 0 Å². The van der Waals surface area contributed by atoms with E-state index < -0.39 is 26.4 Å². The van der Waals surface area contributed by atoms with E-state index >= 15 is 4.39 Å². The number of halogens is 1. The van der Waals surface area contributed by atoms with E-state index in [2.05, 4.69) is 50.8 Å². The first-order valence-corrected chi connectivity index (χ1v) is 16.5. The second-order valence-corrected chi connectivity index (χ2v) is 17.6. The quantitative estimate of drug-likeness (QED) is 0.145. The Labute approximate surface area is 247 Å². The van der Waals surface area contributed by atoms with E-state index in [0.29, 0.717) is 33.5 Å². The number of aryl methyl sites for hydroxylation is 1. The Bertz CT molecular complexity index is 1550. The summed E-state index contributed by atoms with van der Waals surface area (Å²) < 4.78 is 23.1. The third kappa shape index (κ3) is 5.53. The van der Waals surface area contributed by atoms with Gasteiger partial charge in [-0.05, 0) is 65.0 Å². The Kier molecular flexibility index (Phi) is 9.08. The first-order valence-electron chi connectivity index (χ1n) is 14.3. The highest BCUT2D eigenvalue weighted by molar-refractivity contribution is 6.82. The van der Waals surface area contributed by atoms with Gasteiger partial charge in [-0.2, -0.15) is 4.39 Å². The summed E-state index contributed by atoms with van der Waals surface area (Å²) in [5.41, 5.74) is 4.09. The first kappa shape index (κ1) is 31.2. The van der Waals surface area contributed by atoms with Crippen molar-refractivity contribution in [1.29, 1.82) is 0 Å². The fourth-order valence-electron chi connectivity index (χ4n) is 6.70. The van der Waals surface area contributed by atoms with Crippen molar-refractivity contribution in [3.8, 4) is 5.75 Å². The average molecular weight is 593 g/mol. The van der Waals surface area contributed by atoms with Gasteiger partial charge in [0.2, 0.25) is 5.95 Å². The molecule has 0 saturated heterocycles. The molecule has 42 heavy (non-hydrogen) atoms. The number of fused-ring (bicyclic) bond motifs is 1. The number of aliphatic hydroxyl groups excluding tert-OH is 1. The first-order chi connectivity index (χ1) is 19.8. The van der Waals surface area contributed by atoms with E-state index in [1.807, 2.05) is 25.4 Å². The van der Waals surface area contributed by atoms with Gasteiger partial charge >= 0.3 is 6.09 Å². The summed E-state index contributed by atoms with van der Waals surface area (Å²) >= 11 is 0. The standard InChI is InChI=1S/C32H41FN4O4Si/c1-19(2)42(20(3)4,21(5)6)37-18-27(26-15-22(7)16-34-31(26)37)29(38)25-13-14-28(35-30(25)33)36(32(39)40)17-23-9-11-24(41-8)12-10-23/h9-16,18-21,29,38H,17H2,1-8H3,(H,39,40). The Hall–Kier alpha value is -3.76. The molecule has 4 aromatic rings. The van der Waals surface area contributed by atoms with Crippen LogP contribution in [0.15, 0.2) is 54.9 Å². The molecule has 8 nitrogen and oxygen atoms in total. The Morgan fingerprint density at radius 1 is 1.02 bits per heavy atom. The smallest absolute Gasteiger partial charge is 0.413 e. The van der Waals surface area contributed by atoms with E-state index in [0.717, 1.165) is 21.5 Å². The van der Waals surface area contributed by atoms with Crippen molar-refractivity contribution in [3.05, 3.63) is 83.1 Å². The molecule has 0 fully saturated rings. The van der Waals surface area contributed by atoms with E-state index in [4.69, 9.17) is 9.72 Å². The van der Waals surface area contributed by atoms with Crippen molar-refractivity contribution in [3.63, 3.8) is 0 Å². The van der Waals surface area contributed by atoms with Crippen LogP contribution >= 0.6 is 0 Å². The van der Waals surface area contributed by atoms with Gasteiger partial charge in [-0.1, -0.05) is 53.7 Å². The molecule has 10 heteroatoms. The maximum atomic E-state index is 15.6. The maximum absolute atomic E-state index is 15.6. The molecule has 0 radical (unpaired) electrons. The molecule has 224 valence electrons. The molecule has 0 aliphatic heterocycles. The van der Waals surface area contributed by atoms with Gasteiger partial charge in [-0.25, -0.2) is 14.8 Å². The van der Waals surface area contributed by atoms with Gasteiger partial charge in [0.1, 0.15) is 23.3 Å². The zero-order valence-corrected chi connectivity index (χ0v) is 26.6. The normalized spacial score (nSPS) is 12.9. The molecule has 1 aromatic carbocycles. The molecular formula is C32H41FN4O4Si. The van der Waals surface area contributed by atoms with E-state index in [-0.39, 0.29) is 17.9 Å². The lowest BCUT2D eigenvalue weighted by Crippen LogP contribution is -2.51. The summed E-state index contributed by atoms with van der Waals surface area (Å²) in [5, 5.41) is 22.3. The highest BCUT2D eigenvalue weighted by atomic mass is 28.3. The molecular weight excluding hydrogens is 551 g/mol. The lowest BCUT2D eigenvalue weighted by Gasteiger charge is -2.44. The van der Waals surface area contributed by atoms with Crippen LogP contribution < -0.4 is 9.64 Å². The van der Waals surface area contributed by atoms with Crippen molar-refractivity contribution in [2.45, 2.75) is 77.7 Å². The minimum Gasteiger partial charge on any atom is -0.497 e. The average Bonchev–Trinajstić information content (AvgIpc) is 3.29. The van der Waals surface area contributed by atoms with Crippen LogP contribution in [0.5, 0.6) is 5.75 Å². The second kappa shape index (κ2) is 12.2. The number of anilines is 1. The van der Waals surface area contributed by atoms with Crippen LogP contribution in [-0.2, 0) is 6.54 Å². The predicted molar refractivity (Wildman–Crippen MR) is 166 cm³/mol. The van der Waals surface area contributed by atoms with Crippen LogP contribution in [0.4, 0.5) is 15.0 Å². The van der Waals surface area contributed by atoms with Gasteiger partial charge in [0, 0.05) is 28.9 Å².